The Kier molecular flexibility index (Phi) is 9.96. The molecule has 37 heavy (non-hydrogen) atoms. The predicted molar refractivity (Wildman–Crippen MR) is 141 cm³/mol. The van der Waals surface area contributed by atoms with E-state index in [1.165, 1.54) is 11.6 Å². The molecule has 4 bridgehead atoms. The van der Waals surface area contributed by atoms with Gasteiger partial charge in [0.05, 0.1) is 37.1 Å². The molecular weight excluding hydrogens is 472 g/mol. The number of rotatable bonds is 2. The Morgan fingerprint density at radius 3 is 2.68 bits per heavy atom. The average Bonchev–Trinajstić information content (AvgIpc) is 3.24. The highest BCUT2D eigenvalue weighted by Crippen LogP contribution is 2.31. The maximum absolute atomic E-state index is 12.7. The van der Waals surface area contributed by atoms with Crippen LogP contribution in [0.2, 0.25) is 0 Å². The van der Waals surface area contributed by atoms with Crippen LogP contribution < -0.4 is 0 Å². The van der Waals surface area contributed by atoms with Gasteiger partial charge in [-0.2, -0.15) is 0 Å². The number of carbonyl (C=O) groups excluding carboxylic acids is 1. The van der Waals surface area contributed by atoms with Crippen molar-refractivity contribution in [3.63, 3.8) is 0 Å². The van der Waals surface area contributed by atoms with E-state index in [4.69, 9.17) is 18.9 Å². The molecule has 0 saturated carbocycles. The third-order valence-electron chi connectivity index (χ3n) is 7.53. The second-order valence-corrected chi connectivity index (χ2v) is 11.0. The summed E-state index contributed by atoms with van der Waals surface area (Å²) in [6, 6.07) is 0. The van der Waals surface area contributed by atoms with Gasteiger partial charge >= 0.3 is 5.97 Å². The first kappa shape index (κ1) is 28.0. The fourth-order valence-corrected chi connectivity index (χ4v) is 5.62. The van der Waals surface area contributed by atoms with Gasteiger partial charge in [-0.05, 0) is 51.4 Å². The van der Waals surface area contributed by atoms with E-state index in [2.05, 4.69) is 32.6 Å². The summed E-state index contributed by atoms with van der Waals surface area (Å²) in [6.45, 7) is 8.95. The zero-order chi connectivity index (χ0) is 26.4. The first-order chi connectivity index (χ1) is 17.8. The van der Waals surface area contributed by atoms with E-state index >= 15 is 0 Å². The van der Waals surface area contributed by atoms with Gasteiger partial charge in [0, 0.05) is 12.5 Å². The van der Waals surface area contributed by atoms with Crippen LogP contribution in [0.4, 0.5) is 0 Å². The molecule has 4 unspecified atom stereocenters. The van der Waals surface area contributed by atoms with Gasteiger partial charge in [0.25, 0.3) is 0 Å². The number of fused-ring (bicyclic) bond motifs is 4. The van der Waals surface area contributed by atoms with E-state index < -0.39 is 36.5 Å². The molecule has 0 aromatic rings. The van der Waals surface area contributed by atoms with Crippen LogP contribution in [-0.4, -0.2) is 71.6 Å². The van der Waals surface area contributed by atoms with Gasteiger partial charge in [-0.3, -0.25) is 0 Å². The highest BCUT2D eigenvalue weighted by Gasteiger charge is 2.42. The van der Waals surface area contributed by atoms with Crippen LogP contribution in [0.1, 0.15) is 58.8 Å². The summed E-state index contributed by atoms with van der Waals surface area (Å²) in [4.78, 5) is 12.7. The molecule has 1 saturated heterocycles. The van der Waals surface area contributed by atoms with Gasteiger partial charge in [0.15, 0.2) is 0 Å². The fraction of sp³-hybridized carbons (Fsp3) is 0.633. The Balaban J connectivity index is 1.49. The normalized spacial score (nSPS) is 41.1. The van der Waals surface area contributed by atoms with Crippen molar-refractivity contribution in [1.29, 1.82) is 0 Å². The van der Waals surface area contributed by atoms with Gasteiger partial charge in [0.2, 0.25) is 0 Å². The summed E-state index contributed by atoms with van der Waals surface area (Å²) in [5.41, 5.74) is 2.15. The summed E-state index contributed by atoms with van der Waals surface area (Å²) in [6.07, 6.45) is 13.7. The molecule has 4 aliphatic rings. The summed E-state index contributed by atoms with van der Waals surface area (Å²) < 4.78 is 23.9. The molecule has 0 amide bonds. The smallest absolute Gasteiger partial charge is 0.330 e. The van der Waals surface area contributed by atoms with Crippen molar-refractivity contribution in [1.82, 2.24) is 0 Å². The Labute approximate surface area is 220 Å². The molecule has 4 aliphatic heterocycles. The lowest BCUT2D eigenvalue weighted by molar-refractivity contribution is -0.144. The highest BCUT2D eigenvalue weighted by molar-refractivity contribution is 5.82. The van der Waals surface area contributed by atoms with Gasteiger partial charge in [-0.1, -0.05) is 61.1 Å². The summed E-state index contributed by atoms with van der Waals surface area (Å²) >= 11 is 0. The van der Waals surface area contributed by atoms with Crippen molar-refractivity contribution in [2.45, 2.75) is 108 Å². The molecule has 0 aromatic carbocycles. The molecular formula is C30H42O7. The number of esters is 1. The molecule has 4 rings (SSSR count). The molecule has 7 heteroatoms. The zero-order valence-corrected chi connectivity index (χ0v) is 22.0. The lowest BCUT2D eigenvalue weighted by atomic mass is 9.90. The Bertz CT molecular complexity index is 919. The standard InChI is InChI=1S/C30H42O7/c1-19-12-13-34-23(15-19)10-11-26-27-18-28(36-26)30(33)25(31)17-21(3)14-20(2)16-24-8-4-6-22(35-24)7-5-9-29(32)37-27/h4-6,9-12,20,22-28,30-31,33H,3,7-8,13-18H2,1-2H3/b9-5-,11-10+/t20?,22?,23?,24?,25-,26-,27-,28+,30-/m0/s1. The largest absolute Gasteiger partial charge is 0.456 e. The van der Waals surface area contributed by atoms with Crippen LogP contribution in [0.5, 0.6) is 0 Å². The summed E-state index contributed by atoms with van der Waals surface area (Å²) in [7, 11) is 0. The molecule has 0 radical (unpaired) electrons. The van der Waals surface area contributed by atoms with E-state index in [0.717, 1.165) is 31.3 Å². The minimum atomic E-state index is -1.12. The zero-order valence-electron chi connectivity index (χ0n) is 22.0. The van der Waals surface area contributed by atoms with E-state index in [1.54, 1.807) is 6.08 Å². The molecule has 4 heterocycles. The molecule has 0 spiro atoms. The Morgan fingerprint density at radius 2 is 1.86 bits per heavy atom. The molecule has 204 valence electrons. The molecule has 1 fully saturated rings. The quantitative estimate of drug-likeness (QED) is 0.423. The number of hydrogen-bond donors (Lipinski definition) is 2. The number of aliphatic hydroxyl groups excluding tert-OH is 2. The molecule has 0 aliphatic carbocycles. The van der Waals surface area contributed by atoms with Crippen LogP contribution in [0, 0.1) is 5.92 Å². The first-order valence-corrected chi connectivity index (χ1v) is 13.6. The Hall–Kier alpha value is -2.03. The van der Waals surface area contributed by atoms with Crippen LogP contribution in [-0.2, 0) is 23.7 Å². The second-order valence-electron chi connectivity index (χ2n) is 11.0. The average molecular weight is 515 g/mol. The van der Waals surface area contributed by atoms with Gasteiger partial charge in [-0.15, -0.1) is 0 Å². The van der Waals surface area contributed by atoms with Crippen molar-refractivity contribution >= 4 is 5.97 Å². The summed E-state index contributed by atoms with van der Waals surface area (Å²) in [5, 5.41) is 21.7. The lowest BCUT2D eigenvalue weighted by Gasteiger charge is -2.28. The van der Waals surface area contributed by atoms with E-state index in [9.17, 15) is 15.0 Å². The van der Waals surface area contributed by atoms with Gasteiger partial charge < -0.3 is 29.2 Å². The topological polar surface area (TPSA) is 94.5 Å². The first-order valence-electron chi connectivity index (χ1n) is 13.6. The predicted octanol–water partition coefficient (Wildman–Crippen LogP) is 4.11. The molecule has 9 atom stereocenters. The highest BCUT2D eigenvalue weighted by atomic mass is 16.6. The third-order valence-corrected chi connectivity index (χ3v) is 7.53. The van der Waals surface area contributed by atoms with E-state index in [1.807, 2.05) is 18.2 Å². The third kappa shape index (κ3) is 8.23. The summed E-state index contributed by atoms with van der Waals surface area (Å²) in [5.74, 6) is -0.129. The molecule has 0 aromatic heterocycles. The number of ether oxygens (including phenoxy) is 4. The Morgan fingerprint density at radius 1 is 1.03 bits per heavy atom. The molecule has 7 nitrogen and oxygen atoms in total. The van der Waals surface area contributed by atoms with Gasteiger partial charge in [0.1, 0.15) is 18.3 Å². The van der Waals surface area contributed by atoms with Crippen LogP contribution in [0.25, 0.3) is 0 Å². The SMILES string of the molecule is C=C1CC(C)CC2CC=CC(C/C=C\C(=O)O[C@H]3C[C@@H](O[C@H]3/C=C/C3CC(C)=CCO3)[C@@H](O)[C@@H](O)C1)O2. The minimum absolute atomic E-state index is 0.0723. The lowest BCUT2D eigenvalue weighted by Crippen LogP contribution is -2.37. The van der Waals surface area contributed by atoms with E-state index in [-0.39, 0.29) is 31.2 Å². The van der Waals surface area contributed by atoms with Gasteiger partial charge in [-0.25, -0.2) is 4.79 Å². The van der Waals surface area contributed by atoms with Crippen molar-refractivity contribution < 1.29 is 34.0 Å². The molecule has 2 N–H and O–H groups in total. The maximum Gasteiger partial charge on any atom is 0.330 e. The van der Waals surface area contributed by atoms with Crippen molar-refractivity contribution in [3.8, 4) is 0 Å². The van der Waals surface area contributed by atoms with Crippen molar-refractivity contribution in [3.05, 3.63) is 60.3 Å². The fourth-order valence-electron chi connectivity index (χ4n) is 5.62. The minimum Gasteiger partial charge on any atom is -0.456 e. The number of carbonyl (C=O) groups is 1. The van der Waals surface area contributed by atoms with Crippen molar-refractivity contribution in [2.24, 2.45) is 5.92 Å². The number of hydrogen-bond acceptors (Lipinski definition) is 7. The van der Waals surface area contributed by atoms with Crippen molar-refractivity contribution in [2.75, 3.05) is 6.61 Å². The van der Waals surface area contributed by atoms with Crippen LogP contribution in [0.3, 0.4) is 0 Å². The monoisotopic (exact) mass is 514 g/mol. The van der Waals surface area contributed by atoms with E-state index in [0.29, 0.717) is 18.9 Å². The maximum atomic E-state index is 12.7. The second kappa shape index (κ2) is 13.2. The van der Waals surface area contributed by atoms with Crippen LogP contribution in [0.15, 0.2) is 60.3 Å². The van der Waals surface area contributed by atoms with Crippen LogP contribution >= 0.6 is 0 Å². The number of aliphatic hydroxyl groups is 2.